The molecule has 0 aromatic carbocycles. The summed E-state index contributed by atoms with van der Waals surface area (Å²) in [4.78, 5) is 0. The van der Waals surface area contributed by atoms with Crippen molar-refractivity contribution < 1.29 is 9.47 Å². The minimum atomic E-state index is 0.674. The first-order valence-corrected chi connectivity index (χ1v) is 7.71. The van der Waals surface area contributed by atoms with E-state index in [9.17, 15) is 0 Å². The van der Waals surface area contributed by atoms with Gasteiger partial charge in [0.25, 0.3) is 0 Å². The lowest BCUT2D eigenvalue weighted by molar-refractivity contribution is -0.0152. The molecule has 2 aliphatic heterocycles. The van der Waals surface area contributed by atoms with Gasteiger partial charge in [0.2, 0.25) is 0 Å². The van der Waals surface area contributed by atoms with Crippen LogP contribution in [0.1, 0.15) is 39.5 Å². The Morgan fingerprint density at radius 1 is 1.11 bits per heavy atom. The maximum atomic E-state index is 5.60. The van der Waals surface area contributed by atoms with Gasteiger partial charge < -0.3 is 14.8 Å². The lowest BCUT2D eigenvalue weighted by Crippen LogP contribution is -2.49. The molecule has 106 valence electrons. The Bertz CT molecular complexity index is 229. The highest BCUT2D eigenvalue weighted by atomic mass is 16.5. The Kier molecular flexibility index (Phi) is 5.93. The van der Waals surface area contributed by atoms with Crippen LogP contribution in [0.4, 0.5) is 0 Å². The number of rotatable bonds is 5. The van der Waals surface area contributed by atoms with Crippen LogP contribution in [0.25, 0.3) is 0 Å². The van der Waals surface area contributed by atoms with Crippen molar-refractivity contribution in [2.24, 2.45) is 17.8 Å². The SMILES string of the molecule is CCCNC(C1CCOCC1)C1CCOCC1C. The summed E-state index contributed by atoms with van der Waals surface area (Å²) in [6.45, 7) is 9.54. The van der Waals surface area contributed by atoms with E-state index in [1.807, 2.05) is 0 Å². The molecule has 0 aromatic heterocycles. The van der Waals surface area contributed by atoms with Gasteiger partial charge in [-0.05, 0) is 50.0 Å². The van der Waals surface area contributed by atoms with Gasteiger partial charge in [-0.25, -0.2) is 0 Å². The van der Waals surface area contributed by atoms with E-state index in [0.717, 1.165) is 44.8 Å². The zero-order valence-corrected chi connectivity index (χ0v) is 12.0. The van der Waals surface area contributed by atoms with Crippen molar-refractivity contribution in [2.75, 3.05) is 33.0 Å². The molecule has 1 N–H and O–H groups in total. The third-order valence-corrected chi connectivity index (χ3v) is 4.57. The lowest BCUT2D eigenvalue weighted by atomic mass is 9.75. The molecule has 2 heterocycles. The number of nitrogens with one attached hydrogen (secondary N) is 1. The average Bonchev–Trinajstić information content (AvgIpc) is 2.42. The summed E-state index contributed by atoms with van der Waals surface area (Å²) in [5.41, 5.74) is 0. The molecular weight excluding hydrogens is 226 g/mol. The van der Waals surface area contributed by atoms with Crippen molar-refractivity contribution in [2.45, 2.75) is 45.6 Å². The van der Waals surface area contributed by atoms with Gasteiger partial charge in [-0.3, -0.25) is 0 Å². The Morgan fingerprint density at radius 2 is 1.83 bits per heavy atom. The van der Waals surface area contributed by atoms with Gasteiger partial charge in [0, 0.05) is 32.5 Å². The van der Waals surface area contributed by atoms with Crippen LogP contribution >= 0.6 is 0 Å². The maximum Gasteiger partial charge on any atom is 0.0494 e. The van der Waals surface area contributed by atoms with Gasteiger partial charge in [0.1, 0.15) is 0 Å². The van der Waals surface area contributed by atoms with Crippen molar-refractivity contribution in [3.05, 3.63) is 0 Å². The van der Waals surface area contributed by atoms with E-state index in [-0.39, 0.29) is 0 Å². The number of hydrogen-bond donors (Lipinski definition) is 1. The third-order valence-electron chi connectivity index (χ3n) is 4.57. The molecule has 2 fully saturated rings. The standard InChI is InChI=1S/C15H29NO2/c1-3-7-16-15(13-4-8-17-9-5-13)14-6-10-18-11-12(14)2/h12-16H,3-11H2,1-2H3. The molecule has 3 atom stereocenters. The van der Waals surface area contributed by atoms with Crippen LogP contribution in [0.3, 0.4) is 0 Å². The first-order valence-electron chi connectivity index (χ1n) is 7.71. The maximum absolute atomic E-state index is 5.60. The summed E-state index contributed by atoms with van der Waals surface area (Å²) in [7, 11) is 0. The summed E-state index contributed by atoms with van der Waals surface area (Å²) in [5, 5.41) is 3.83. The molecule has 2 saturated heterocycles. The van der Waals surface area contributed by atoms with Gasteiger partial charge in [0.05, 0.1) is 0 Å². The largest absolute Gasteiger partial charge is 0.381 e. The van der Waals surface area contributed by atoms with E-state index < -0.39 is 0 Å². The highest BCUT2D eigenvalue weighted by Crippen LogP contribution is 2.32. The van der Waals surface area contributed by atoms with Crippen LogP contribution in [0, 0.1) is 17.8 Å². The molecule has 0 amide bonds. The highest BCUT2D eigenvalue weighted by molar-refractivity contribution is 4.88. The van der Waals surface area contributed by atoms with Gasteiger partial charge in [-0.15, -0.1) is 0 Å². The van der Waals surface area contributed by atoms with E-state index in [4.69, 9.17) is 9.47 Å². The van der Waals surface area contributed by atoms with Crippen molar-refractivity contribution in [3.63, 3.8) is 0 Å². The molecule has 3 unspecified atom stereocenters. The van der Waals surface area contributed by atoms with Crippen molar-refractivity contribution in [1.82, 2.24) is 5.32 Å². The Hall–Kier alpha value is -0.120. The minimum absolute atomic E-state index is 0.674. The monoisotopic (exact) mass is 255 g/mol. The first kappa shape index (κ1) is 14.3. The first-order chi connectivity index (χ1) is 8.83. The normalized spacial score (nSPS) is 32.3. The Balaban J connectivity index is 1.97. The second kappa shape index (κ2) is 7.46. The molecule has 2 aliphatic rings. The average molecular weight is 255 g/mol. The zero-order chi connectivity index (χ0) is 12.8. The highest BCUT2D eigenvalue weighted by Gasteiger charge is 2.34. The summed E-state index contributed by atoms with van der Waals surface area (Å²) in [5.74, 6) is 2.28. The van der Waals surface area contributed by atoms with Crippen LogP contribution in [0.15, 0.2) is 0 Å². The van der Waals surface area contributed by atoms with Crippen LogP contribution in [-0.4, -0.2) is 39.0 Å². The Morgan fingerprint density at radius 3 is 2.50 bits per heavy atom. The fraction of sp³-hybridized carbons (Fsp3) is 1.00. The summed E-state index contributed by atoms with van der Waals surface area (Å²) < 4.78 is 11.1. The molecule has 18 heavy (non-hydrogen) atoms. The number of hydrogen-bond acceptors (Lipinski definition) is 3. The van der Waals surface area contributed by atoms with Crippen LogP contribution in [-0.2, 0) is 9.47 Å². The van der Waals surface area contributed by atoms with E-state index in [0.29, 0.717) is 12.0 Å². The molecule has 3 nitrogen and oxygen atoms in total. The molecule has 0 aromatic rings. The molecular formula is C15H29NO2. The van der Waals surface area contributed by atoms with Crippen molar-refractivity contribution in [3.8, 4) is 0 Å². The summed E-state index contributed by atoms with van der Waals surface area (Å²) in [6.07, 6.45) is 4.90. The fourth-order valence-corrected chi connectivity index (χ4v) is 3.48. The summed E-state index contributed by atoms with van der Waals surface area (Å²) in [6, 6.07) is 0.674. The van der Waals surface area contributed by atoms with E-state index in [2.05, 4.69) is 19.2 Å². The minimum Gasteiger partial charge on any atom is -0.381 e. The molecule has 0 bridgehead atoms. The van der Waals surface area contributed by atoms with Crippen LogP contribution in [0.2, 0.25) is 0 Å². The molecule has 0 aliphatic carbocycles. The van der Waals surface area contributed by atoms with E-state index in [1.54, 1.807) is 0 Å². The third kappa shape index (κ3) is 3.69. The van der Waals surface area contributed by atoms with Crippen LogP contribution < -0.4 is 5.32 Å². The summed E-state index contributed by atoms with van der Waals surface area (Å²) >= 11 is 0. The second-order valence-electron chi connectivity index (χ2n) is 5.93. The fourth-order valence-electron chi connectivity index (χ4n) is 3.48. The van der Waals surface area contributed by atoms with E-state index in [1.165, 1.54) is 25.7 Å². The molecule has 0 radical (unpaired) electrons. The molecule has 3 heteroatoms. The zero-order valence-electron chi connectivity index (χ0n) is 12.0. The molecule has 0 saturated carbocycles. The van der Waals surface area contributed by atoms with Gasteiger partial charge in [-0.2, -0.15) is 0 Å². The van der Waals surface area contributed by atoms with Crippen molar-refractivity contribution in [1.29, 1.82) is 0 Å². The van der Waals surface area contributed by atoms with Crippen LogP contribution in [0.5, 0.6) is 0 Å². The van der Waals surface area contributed by atoms with Gasteiger partial charge >= 0.3 is 0 Å². The molecule has 2 rings (SSSR count). The second-order valence-corrected chi connectivity index (χ2v) is 5.93. The quantitative estimate of drug-likeness (QED) is 0.818. The number of ether oxygens (including phenoxy) is 2. The van der Waals surface area contributed by atoms with Crippen molar-refractivity contribution >= 4 is 0 Å². The predicted molar refractivity (Wildman–Crippen MR) is 73.7 cm³/mol. The topological polar surface area (TPSA) is 30.5 Å². The molecule has 0 spiro atoms. The van der Waals surface area contributed by atoms with E-state index >= 15 is 0 Å². The smallest absolute Gasteiger partial charge is 0.0494 e. The van der Waals surface area contributed by atoms with Gasteiger partial charge in [-0.1, -0.05) is 13.8 Å². The Labute approximate surface area is 112 Å². The van der Waals surface area contributed by atoms with Gasteiger partial charge in [0.15, 0.2) is 0 Å². The lowest BCUT2D eigenvalue weighted by Gasteiger charge is -2.41. The predicted octanol–water partition coefficient (Wildman–Crippen LogP) is 2.45.